The SMILES string of the molecule is CCO/C=C/C(=O)C1CCC1. The lowest BCUT2D eigenvalue weighted by atomic mass is 9.82. The monoisotopic (exact) mass is 154 g/mol. The second-order valence-electron chi connectivity index (χ2n) is 2.79. The molecule has 0 heterocycles. The quantitative estimate of drug-likeness (QED) is 0.456. The minimum absolute atomic E-state index is 0.227. The van der Waals surface area contributed by atoms with Crippen LogP contribution < -0.4 is 0 Å². The first kappa shape index (κ1) is 8.31. The topological polar surface area (TPSA) is 26.3 Å². The summed E-state index contributed by atoms with van der Waals surface area (Å²) in [6, 6.07) is 0. The zero-order valence-electron chi connectivity index (χ0n) is 6.88. The Balaban J connectivity index is 2.19. The van der Waals surface area contributed by atoms with Gasteiger partial charge in [-0.15, -0.1) is 0 Å². The Hall–Kier alpha value is -0.790. The first-order valence-corrected chi connectivity index (χ1v) is 4.16. The normalized spacial score (nSPS) is 18.3. The molecule has 0 aromatic rings. The van der Waals surface area contributed by atoms with Crippen LogP contribution in [0, 0.1) is 5.92 Å². The second-order valence-corrected chi connectivity index (χ2v) is 2.79. The number of ketones is 1. The standard InChI is InChI=1S/C9H14O2/c1-2-11-7-6-9(10)8-4-3-5-8/h6-8H,2-5H2,1H3/b7-6+. The molecule has 11 heavy (non-hydrogen) atoms. The lowest BCUT2D eigenvalue weighted by Crippen LogP contribution is -2.19. The van der Waals surface area contributed by atoms with Crippen molar-refractivity contribution in [3.05, 3.63) is 12.3 Å². The Morgan fingerprint density at radius 3 is 2.82 bits per heavy atom. The van der Waals surface area contributed by atoms with Crippen molar-refractivity contribution in [1.82, 2.24) is 0 Å². The van der Waals surface area contributed by atoms with E-state index in [1.807, 2.05) is 6.92 Å². The van der Waals surface area contributed by atoms with E-state index in [1.54, 1.807) is 6.08 Å². The van der Waals surface area contributed by atoms with Crippen molar-refractivity contribution in [3.63, 3.8) is 0 Å². The van der Waals surface area contributed by atoms with Gasteiger partial charge in [-0.05, 0) is 19.8 Å². The molecule has 2 nitrogen and oxygen atoms in total. The van der Waals surface area contributed by atoms with Gasteiger partial charge in [-0.2, -0.15) is 0 Å². The van der Waals surface area contributed by atoms with Crippen molar-refractivity contribution >= 4 is 5.78 Å². The van der Waals surface area contributed by atoms with Gasteiger partial charge >= 0.3 is 0 Å². The number of rotatable bonds is 4. The minimum atomic E-state index is 0.227. The number of carbonyl (C=O) groups excluding carboxylic acids is 1. The number of hydrogen-bond acceptors (Lipinski definition) is 2. The van der Waals surface area contributed by atoms with Crippen molar-refractivity contribution in [3.8, 4) is 0 Å². The molecule has 1 aliphatic carbocycles. The fourth-order valence-corrected chi connectivity index (χ4v) is 1.04. The molecule has 0 atom stereocenters. The summed E-state index contributed by atoms with van der Waals surface area (Å²) in [6.45, 7) is 2.53. The van der Waals surface area contributed by atoms with E-state index in [0.29, 0.717) is 12.5 Å². The third-order valence-electron chi connectivity index (χ3n) is 2.00. The third-order valence-corrected chi connectivity index (χ3v) is 2.00. The molecule has 0 bridgehead atoms. The molecule has 0 radical (unpaired) electrons. The van der Waals surface area contributed by atoms with Gasteiger partial charge in [0.25, 0.3) is 0 Å². The highest BCUT2D eigenvalue weighted by molar-refractivity contribution is 5.91. The largest absolute Gasteiger partial charge is 0.501 e. The fourth-order valence-electron chi connectivity index (χ4n) is 1.04. The summed E-state index contributed by atoms with van der Waals surface area (Å²) in [7, 11) is 0. The van der Waals surface area contributed by atoms with Crippen molar-refractivity contribution in [2.75, 3.05) is 6.61 Å². The van der Waals surface area contributed by atoms with Crippen LogP contribution in [-0.4, -0.2) is 12.4 Å². The predicted octanol–water partition coefficient (Wildman–Crippen LogP) is 1.91. The highest BCUT2D eigenvalue weighted by Crippen LogP contribution is 2.27. The lowest BCUT2D eigenvalue weighted by molar-refractivity contribution is -0.120. The fraction of sp³-hybridized carbons (Fsp3) is 0.667. The van der Waals surface area contributed by atoms with E-state index >= 15 is 0 Å². The van der Waals surface area contributed by atoms with Crippen LogP contribution in [0.1, 0.15) is 26.2 Å². The van der Waals surface area contributed by atoms with Gasteiger partial charge in [0.15, 0.2) is 5.78 Å². The number of hydrogen-bond donors (Lipinski definition) is 0. The maximum atomic E-state index is 11.1. The molecule has 0 aromatic carbocycles. The van der Waals surface area contributed by atoms with E-state index < -0.39 is 0 Å². The summed E-state index contributed by atoms with van der Waals surface area (Å²) >= 11 is 0. The summed E-state index contributed by atoms with van der Waals surface area (Å²) in [4.78, 5) is 11.1. The van der Waals surface area contributed by atoms with Crippen molar-refractivity contribution in [2.24, 2.45) is 5.92 Å². The van der Waals surface area contributed by atoms with Gasteiger partial charge in [0.1, 0.15) is 0 Å². The average molecular weight is 154 g/mol. The van der Waals surface area contributed by atoms with E-state index in [0.717, 1.165) is 12.8 Å². The van der Waals surface area contributed by atoms with Crippen LogP contribution in [0.25, 0.3) is 0 Å². The molecule has 0 N–H and O–H groups in total. The molecule has 62 valence electrons. The molecule has 0 aliphatic heterocycles. The van der Waals surface area contributed by atoms with Gasteiger partial charge in [0.2, 0.25) is 0 Å². The molecule has 0 saturated heterocycles. The first-order chi connectivity index (χ1) is 5.34. The smallest absolute Gasteiger partial charge is 0.161 e. The number of allylic oxidation sites excluding steroid dienone is 1. The van der Waals surface area contributed by atoms with Crippen LogP contribution in [0.4, 0.5) is 0 Å². The maximum absolute atomic E-state index is 11.1. The molecule has 1 rings (SSSR count). The summed E-state index contributed by atoms with van der Waals surface area (Å²) in [6.07, 6.45) is 6.39. The third kappa shape index (κ3) is 2.37. The van der Waals surface area contributed by atoms with Gasteiger partial charge < -0.3 is 4.74 Å². The predicted molar refractivity (Wildman–Crippen MR) is 43.1 cm³/mol. The molecule has 2 heteroatoms. The van der Waals surface area contributed by atoms with Crippen molar-refractivity contribution in [2.45, 2.75) is 26.2 Å². The second kappa shape index (κ2) is 4.16. The Morgan fingerprint density at radius 2 is 2.36 bits per heavy atom. The molecule has 0 spiro atoms. The molecular formula is C9H14O2. The number of carbonyl (C=O) groups is 1. The van der Waals surface area contributed by atoms with Crippen LogP contribution in [0.3, 0.4) is 0 Å². The molecule has 0 unspecified atom stereocenters. The van der Waals surface area contributed by atoms with Crippen LogP contribution in [-0.2, 0) is 9.53 Å². The molecule has 1 aliphatic rings. The minimum Gasteiger partial charge on any atom is -0.501 e. The number of ether oxygens (including phenoxy) is 1. The highest BCUT2D eigenvalue weighted by atomic mass is 16.5. The van der Waals surface area contributed by atoms with Crippen LogP contribution in [0.2, 0.25) is 0 Å². The highest BCUT2D eigenvalue weighted by Gasteiger charge is 2.22. The summed E-state index contributed by atoms with van der Waals surface area (Å²) < 4.78 is 4.92. The van der Waals surface area contributed by atoms with Gasteiger partial charge in [0, 0.05) is 12.0 Å². The van der Waals surface area contributed by atoms with Crippen molar-refractivity contribution < 1.29 is 9.53 Å². The Morgan fingerprint density at radius 1 is 1.64 bits per heavy atom. The Bertz CT molecular complexity index is 157. The van der Waals surface area contributed by atoms with E-state index in [9.17, 15) is 4.79 Å². The lowest BCUT2D eigenvalue weighted by Gasteiger charge is -2.21. The molecule has 0 amide bonds. The van der Waals surface area contributed by atoms with Crippen LogP contribution in [0.5, 0.6) is 0 Å². The van der Waals surface area contributed by atoms with Gasteiger partial charge in [-0.1, -0.05) is 6.42 Å². The summed E-state index contributed by atoms with van der Waals surface area (Å²) in [5.41, 5.74) is 0. The van der Waals surface area contributed by atoms with Gasteiger partial charge in [0.05, 0.1) is 12.9 Å². The van der Waals surface area contributed by atoms with E-state index in [1.165, 1.54) is 12.7 Å². The van der Waals surface area contributed by atoms with E-state index in [2.05, 4.69) is 0 Å². The van der Waals surface area contributed by atoms with Crippen molar-refractivity contribution in [1.29, 1.82) is 0 Å². The Kier molecular flexibility index (Phi) is 3.14. The first-order valence-electron chi connectivity index (χ1n) is 4.16. The van der Waals surface area contributed by atoms with Gasteiger partial charge in [-0.25, -0.2) is 0 Å². The summed E-state index contributed by atoms with van der Waals surface area (Å²) in [5.74, 6) is 0.524. The summed E-state index contributed by atoms with van der Waals surface area (Å²) in [5, 5.41) is 0. The van der Waals surface area contributed by atoms with Crippen LogP contribution in [0.15, 0.2) is 12.3 Å². The molecule has 0 aromatic heterocycles. The van der Waals surface area contributed by atoms with E-state index in [4.69, 9.17) is 4.74 Å². The van der Waals surface area contributed by atoms with E-state index in [-0.39, 0.29) is 5.78 Å². The molecular weight excluding hydrogens is 140 g/mol. The zero-order valence-corrected chi connectivity index (χ0v) is 6.88. The van der Waals surface area contributed by atoms with Crippen LogP contribution >= 0.6 is 0 Å². The van der Waals surface area contributed by atoms with Gasteiger partial charge in [-0.3, -0.25) is 4.79 Å². The zero-order chi connectivity index (χ0) is 8.10. The Labute approximate surface area is 67.2 Å². The maximum Gasteiger partial charge on any atom is 0.161 e. The average Bonchev–Trinajstić information content (AvgIpc) is 1.84. The molecule has 1 saturated carbocycles. The molecule has 1 fully saturated rings.